The van der Waals surface area contributed by atoms with Crippen LogP contribution in [0.5, 0.6) is 0 Å². The highest BCUT2D eigenvalue weighted by atomic mass is 32.2. The van der Waals surface area contributed by atoms with Gasteiger partial charge in [-0.3, -0.25) is 0 Å². The molecule has 7 heteroatoms. The highest BCUT2D eigenvalue weighted by Crippen LogP contribution is 2.25. The van der Waals surface area contributed by atoms with E-state index in [1.807, 2.05) is 0 Å². The van der Waals surface area contributed by atoms with Gasteiger partial charge in [-0.1, -0.05) is 0 Å². The Labute approximate surface area is 104 Å². The van der Waals surface area contributed by atoms with Gasteiger partial charge in [-0.15, -0.1) is 0 Å². The highest BCUT2D eigenvalue weighted by molar-refractivity contribution is 7.91. The van der Waals surface area contributed by atoms with Gasteiger partial charge in [-0.25, -0.2) is 8.42 Å². The number of aliphatic hydroxyl groups excluding tert-OH is 1. The molecule has 2 rings (SSSR count). The molecule has 0 heterocycles. The number of sulfone groups is 1. The van der Waals surface area contributed by atoms with Crippen molar-refractivity contribution in [1.82, 2.24) is 0 Å². The summed E-state index contributed by atoms with van der Waals surface area (Å²) in [7, 11) is -4.52. The summed E-state index contributed by atoms with van der Waals surface area (Å²) < 4.78 is 46.9. The molecule has 0 bridgehead atoms. The van der Waals surface area contributed by atoms with Gasteiger partial charge in [0.25, 0.3) is 0 Å². The summed E-state index contributed by atoms with van der Waals surface area (Å²) in [5, 5.41) is 12.2. The second-order valence-electron chi connectivity index (χ2n) is 4.30. The molecule has 1 aliphatic carbocycles. The summed E-state index contributed by atoms with van der Waals surface area (Å²) in [5.41, 5.74) is 0.653. The number of nitrogens with one attached hydrogen (secondary N) is 1. The molecule has 1 fully saturated rings. The fraction of sp³-hybridized carbons (Fsp3) is 0.455. The maximum atomic E-state index is 12.3. The Morgan fingerprint density at radius 1 is 1.22 bits per heavy atom. The Morgan fingerprint density at radius 3 is 2.22 bits per heavy atom. The Hall–Kier alpha value is -1.21. The normalized spacial score (nSPS) is 23.8. The van der Waals surface area contributed by atoms with Crippen molar-refractivity contribution in [3.05, 3.63) is 24.3 Å². The van der Waals surface area contributed by atoms with Crippen molar-refractivity contribution in [3.8, 4) is 0 Å². The smallest absolute Gasteiger partial charge is 0.341 e. The molecular weight excluding hydrogens is 264 g/mol. The van der Waals surface area contributed by atoms with E-state index < -0.39 is 20.5 Å². The molecule has 0 radical (unpaired) electrons. The fourth-order valence-electron chi connectivity index (χ4n) is 1.79. The summed E-state index contributed by atoms with van der Waals surface area (Å²) in [4.78, 5) is -0.392. The van der Waals surface area contributed by atoms with E-state index in [2.05, 4.69) is 5.32 Å². The Balaban J connectivity index is 2.06. The monoisotopic (exact) mass is 277 g/mol. The molecule has 0 aliphatic heterocycles. The third-order valence-electron chi connectivity index (χ3n) is 2.90. The van der Waals surface area contributed by atoms with Crippen molar-refractivity contribution in [2.75, 3.05) is 5.32 Å². The van der Waals surface area contributed by atoms with E-state index in [1.165, 1.54) is 12.1 Å². The van der Waals surface area contributed by atoms with Gasteiger partial charge in [0.2, 0.25) is 9.84 Å². The van der Waals surface area contributed by atoms with E-state index in [0.717, 1.165) is 12.1 Å². The number of hydrogen-bond donors (Lipinski definition) is 2. The van der Waals surface area contributed by atoms with Crippen molar-refractivity contribution in [2.45, 2.75) is 35.6 Å². The van der Waals surface area contributed by atoms with Crippen LogP contribution in [0.25, 0.3) is 0 Å². The Bertz CT molecular complexity index is 510. The fourth-order valence-corrected chi connectivity index (χ4v) is 2.51. The number of benzene rings is 1. The lowest BCUT2D eigenvalue weighted by Gasteiger charge is -2.32. The van der Waals surface area contributed by atoms with Crippen LogP contribution >= 0.6 is 0 Å². The van der Waals surface area contributed by atoms with E-state index in [0.29, 0.717) is 18.5 Å². The average molecular weight is 277 g/mol. The molecule has 0 aromatic heterocycles. The first-order valence-corrected chi connectivity index (χ1v) is 7.01. The molecule has 1 aromatic carbocycles. The number of halogens is 2. The maximum Gasteiger partial charge on any atom is 0.341 e. The maximum absolute atomic E-state index is 12.3. The average Bonchev–Trinajstić information content (AvgIpc) is 2.27. The molecule has 1 saturated carbocycles. The highest BCUT2D eigenvalue weighted by Gasteiger charge is 2.28. The second kappa shape index (κ2) is 4.81. The van der Waals surface area contributed by atoms with Crippen LogP contribution in [0.1, 0.15) is 12.8 Å². The summed E-state index contributed by atoms with van der Waals surface area (Å²) in [6, 6.07) is 5.34. The lowest BCUT2D eigenvalue weighted by atomic mass is 9.89. The summed E-state index contributed by atoms with van der Waals surface area (Å²) in [6.45, 7) is 0. The van der Waals surface area contributed by atoms with E-state index in [9.17, 15) is 17.2 Å². The molecule has 100 valence electrons. The lowest BCUT2D eigenvalue weighted by Crippen LogP contribution is -2.38. The van der Waals surface area contributed by atoms with Crippen LogP contribution in [0.4, 0.5) is 14.5 Å². The number of aliphatic hydroxyl groups is 1. The van der Waals surface area contributed by atoms with Gasteiger partial charge in [-0.05, 0) is 37.1 Å². The van der Waals surface area contributed by atoms with Gasteiger partial charge < -0.3 is 10.4 Å². The van der Waals surface area contributed by atoms with E-state index in [4.69, 9.17) is 5.11 Å². The molecule has 0 amide bonds. The number of alkyl halides is 2. The minimum absolute atomic E-state index is 0.151. The van der Waals surface area contributed by atoms with Crippen molar-refractivity contribution >= 4 is 15.5 Å². The minimum atomic E-state index is -4.52. The molecule has 18 heavy (non-hydrogen) atoms. The molecule has 0 atom stereocenters. The summed E-state index contributed by atoms with van der Waals surface area (Å²) in [5.74, 6) is -3.40. The Kier molecular flexibility index (Phi) is 3.54. The van der Waals surface area contributed by atoms with Crippen molar-refractivity contribution < 1.29 is 22.3 Å². The third kappa shape index (κ3) is 2.62. The van der Waals surface area contributed by atoms with Crippen LogP contribution in [0.15, 0.2) is 29.2 Å². The van der Waals surface area contributed by atoms with Crippen LogP contribution in [-0.2, 0) is 9.84 Å². The summed E-state index contributed by atoms with van der Waals surface area (Å²) in [6.07, 6.45) is 0.981. The minimum Gasteiger partial charge on any atom is -0.393 e. The van der Waals surface area contributed by atoms with E-state index in [-0.39, 0.29) is 12.1 Å². The van der Waals surface area contributed by atoms with Gasteiger partial charge >= 0.3 is 5.76 Å². The molecule has 0 spiro atoms. The molecule has 1 aromatic rings. The van der Waals surface area contributed by atoms with Gasteiger partial charge in [0, 0.05) is 11.7 Å². The van der Waals surface area contributed by atoms with Crippen LogP contribution < -0.4 is 5.32 Å². The number of rotatable bonds is 4. The molecular formula is C11H13F2NO3S. The van der Waals surface area contributed by atoms with Crippen molar-refractivity contribution in [2.24, 2.45) is 0 Å². The van der Waals surface area contributed by atoms with Gasteiger partial charge in [-0.2, -0.15) is 8.78 Å². The third-order valence-corrected chi connectivity index (χ3v) is 4.30. The van der Waals surface area contributed by atoms with Crippen molar-refractivity contribution in [1.29, 1.82) is 0 Å². The van der Waals surface area contributed by atoms with Crippen molar-refractivity contribution in [3.63, 3.8) is 0 Å². The SMILES string of the molecule is O=S(=O)(c1ccc(NC2CC(O)C2)cc1)C(F)F. The predicted molar refractivity (Wildman–Crippen MR) is 62.3 cm³/mol. The van der Waals surface area contributed by atoms with E-state index >= 15 is 0 Å². The van der Waals surface area contributed by atoms with Gasteiger partial charge in [0.1, 0.15) is 0 Å². The molecule has 1 aliphatic rings. The molecule has 0 saturated heterocycles. The van der Waals surface area contributed by atoms with Crippen LogP contribution in [0.3, 0.4) is 0 Å². The largest absolute Gasteiger partial charge is 0.393 e. The zero-order chi connectivity index (χ0) is 13.3. The van der Waals surface area contributed by atoms with Crippen LogP contribution in [-0.4, -0.2) is 31.4 Å². The molecule has 4 nitrogen and oxygen atoms in total. The number of anilines is 1. The first kappa shape index (κ1) is 13.2. The first-order valence-electron chi connectivity index (χ1n) is 5.46. The van der Waals surface area contributed by atoms with Gasteiger partial charge in [0.05, 0.1) is 11.0 Å². The second-order valence-corrected chi connectivity index (χ2v) is 6.21. The predicted octanol–water partition coefficient (Wildman–Crippen LogP) is 1.62. The van der Waals surface area contributed by atoms with Crippen LogP contribution in [0, 0.1) is 0 Å². The number of hydrogen-bond acceptors (Lipinski definition) is 4. The lowest BCUT2D eigenvalue weighted by molar-refractivity contribution is 0.0836. The molecule has 2 N–H and O–H groups in total. The van der Waals surface area contributed by atoms with Gasteiger partial charge in [0.15, 0.2) is 0 Å². The summed E-state index contributed by atoms with van der Waals surface area (Å²) >= 11 is 0. The van der Waals surface area contributed by atoms with Crippen LogP contribution in [0.2, 0.25) is 0 Å². The standard InChI is InChI=1S/C11H13F2NO3S/c12-11(13)18(16,17)10-3-1-7(2-4-10)14-8-5-9(15)6-8/h1-4,8-9,11,14-15H,5-6H2. The zero-order valence-electron chi connectivity index (χ0n) is 9.38. The zero-order valence-corrected chi connectivity index (χ0v) is 10.2. The Morgan fingerprint density at radius 2 is 1.78 bits per heavy atom. The van der Waals surface area contributed by atoms with E-state index in [1.54, 1.807) is 0 Å². The molecule has 0 unspecified atom stereocenters. The topological polar surface area (TPSA) is 66.4 Å². The first-order chi connectivity index (χ1) is 8.39. The quantitative estimate of drug-likeness (QED) is 0.877.